The predicted octanol–water partition coefficient (Wildman–Crippen LogP) is 4.34. The zero-order valence-corrected chi connectivity index (χ0v) is 20.7. The molecule has 0 atom stereocenters. The average Bonchev–Trinajstić information content (AvgIpc) is 2.84. The van der Waals surface area contributed by atoms with Crippen molar-refractivity contribution in [3.63, 3.8) is 0 Å². The van der Waals surface area contributed by atoms with Crippen LogP contribution in [0, 0.1) is 6.92 Å². The van der Waals surface area contributed by atoms with Crippen molar-refractivity contribution in [1.29, 1.82) is 0 Å². The van der Waals surface area contributed by atoms with Gasteiger partial charge in [-0.25, -0.2) is 21.8 Å². The molecule has 2 aromatic heterocycles. The maximum absolute atomic E-state index is 13.1. The summed E-state index contributed by atoms with van der Waals surface area (Å²) < 4.78 is 54.8. The van der Waals surface area contributed by atoms with Crippen molar-refractivity contribution in [2.45, 2.75) is 24.7 Å². The lowest BCUT2D eigenvalue weighted by Crippen LogP contribution is -2.37. The standard InChI is InChI=1S/C25H24N4O4S2/c1-18-4-6-20(16-23(18)25-11-5-19-17-26-13-12-24(19)27-25)28-35(32,33)22-9-7-21(8-10-22)29-14-2-3-15-34(29,30)31/h4-13,16-17,28H,2-3,14-15H2,1H3. The first-order valence-electron chi connectivity index (χ1n) is 11.2. The molecule has 1 N–H and O–H groups in total. The maximum atomic E-state index is 13.1. The Hall–Kier alpha value is -3.50. The lowest BCUT2D eigenvalue weighted by Gasteiger charge is -2.28. The van der Waals surface area contributed by atoms with E-state index in [1.165, 1.54) is 28.6 Å². The van der Waals surface area contributed by atoms with E-state index in [0.29, 0.717) is 24.3 Å². The Labute approximate surface area is 204 Å². The molecule has 8 nitrogen and oxygen atoms in total. The van der Waals surface area contributed by atoms with E-state index in [4.69, 9.17) is 4.98 Å². The Morgan fingerprint density at radius 3 is 2.54 bits per heavy atom. The Morgan fingerprint density at radius 2 is 1.77 bits per heavy atom. The summed E-state index contributed by atoms with van der Waals surface area (Å²) >= 11 is 0. The molecule has 0 spiro atoms. The summed E-state index contributed by atoms with van der Waals surface area (Å²) in [6.45, 7) is 2.34. The number of anilines is 2. The van der Waals surface area contributed by atoms with Gasteiger partial charge in [-0.3, -0.25) is 14.0 Å². The number of nitrogens with one attached hydrogen (secondary N) is 1. The second kappa shape index (κ2) is 8.94. The molecule has 180 valence electrons. The molecule has 0 amide bonds. The summed E-state index contributed by atoms with van der Waals surface area (Å²) in [6.07, 6.45) is 4.84. The second-order valence-electron chi connectivity index (χ2n) is 8.49. The predicted molar refractivity (Wildman–Crippen MR) is 137 cm³/mol. The molecule has 0 aliphatic carbocycles. The Kier molecular flexibility index (Phi) is 5.94. The van der Waals surface area contributed by atoms with E-state index in [0.717, 1.165) is 34.1 Å². The lowest BCUT2D eigenvalue weighted by atomic mass is 10.0. The van der Waals surface area contributed by atoms with Gasteiger partial charge < -0.3 is 0 Å². The van der Waals surface area contributed by atoms with Crippen LogP contribution in [-0.2, 0) is 20.0 Å². The number of sulfonamides is 2. The third-order valence-corrected chi connectivity index (χ3v) is 9.31. The van der Waals surface area contributed by atoms with E-state index in [1.54, 1.807) is 24.5 Å². The number of hydrogen-bond acceptors (Lipinski definition) is 6. The zero-order valence-electron chi connectivity index (χ0n) is 19.0. The van der Waals surface area contributed by atoms with Gasteiger partial charge >= 0.3 is 0 Å². The van der Waals surface area contributed by atoms with Gasteiger partial charge in [-0.2, -0.15) is 0 Å². The van der Waals surface area contributed by atoms with E-state index in [-0.39, 0.29) is 10.6 Å². The fourth-order valence-electron chi connectivity index (χ4n) is 4.16. The van der Waals surface area contributed by atoms with Crippen LogP contribution in [0.2, 0.25) is 0 Å². The normalized spacial score (nSPS) is 15.7. The third kappa shape index (κ3) is 4.71. The highest BCUT2D eigenvalue weighted by Gasteiger charge is 2.26. The van der Waals surface area contributed by atoms with Crippen molar-refractivity contribution in [1.82, 2.24) is 9.97 Å². The minimum Gasteiger partial charge on any atom is -0.280 e. The van der Waals surface area contributed by atoms with Gasteiger partial charge in [0.15, 0.2) is 0 Å². The highest BCUT2D eigenvalue weighted by molar-refractivity contribution is 7.93. The lowest BCUT2D eigenvalue weighted by molar-refractivity contribution is 0.574. The topological polar surface area (TPSA) is 109 Å². The SMILES string of the molecule is Cc1ccc(NS(=O)(=O)c2ccc(N3CCCCS3(=O)=O)cc2)cc1-c1ccc2cnccc2n1. The van der Waals surface area contributed by atoms with E-state index in [2.05, 4.69) is 9.71 Å². The molecular formula is C25H24N4O4S2. The monoisotopic (exact) mass is 508 g/mol. The van der Waals surface area contributed by atoms with Crippen LogP contribution in [0.5, 0.6) is 0 Å². The van der Waals surface area contributed by atoms with Crippen LogP contribution in [0.3, 0.4) is 0 Å². The fourth-order valence-corrected chi connectivity index (χ4v) is 6.85. The Bertz CT molecular complexity index is 1620. The highest BCUT2D eigenvalue weighted by Crippen LogP contribution is 2.29. The quantitative estimate of drug-likeness (QED) is 0.430. The number of hydrogen-bond donors (Lipinski definition) is 1. The first-order valence-corrected chi connectivity index (χ1v) is 14.3. The van der Waals surface area contributed by atoms with Crippen molar-refractivity contribution in [3.05, 3.63) is 78.6 Å². The first-order chi connectivity index (χ1) is 16.7. The van der Waals surface area contributed by atoms with Crippen LogP contribution in [0.25, 0.3) is 22.2 Å². The molecule has 0 saturated carbocycles. The molecular weight excluding hydrogens is 484 g/mol. The maximum Gasteiger partial charge on any atom is 0.261 e. The molecule has 3 heterocycles. The molecule has 5 rings (SSSR count). The number of rotatable bonds is 5. The summed E-state index contributed by atoms with van der Waals surface area (Å²) in [6, 6.07) is 16.9. The van der Waals surface area contributed by atoms with Crippen molar-refractivity contribution < 1.29 is 16.8 Å². The minimum atomic E-state index is -3.88. The number of aromatic nitrogens is 2. The van der Waals surface area contributed by atoms with Crippen LogP contribution < -0.4 is 9.03 Å². The van der Waals surface area contributed by atoms with Crippen LogP contribution in [0.1, 0.15) is 18.4 Å². The van der Waals surface area contributed by atoms with Crippen molar-refractivity contribution in [2.75, 3.05) is 21.3 Å². The summed E-state index contributed by atoms with van der Waals surface area (Å²) in [7, 11) is -7.25. The van der Waals surface area contributed by atoms with Gasteiger partial charge in [-0.05, 0) is 79.9 Å². The zero-order chi connectivity index (χ0) is 24.6. The minimum absolute atomic E-state index is 0.0501. The van der Waals surface area contributed by atoms with Crippen LogP contribution in [0.15, 0.2) is 78.0 Å². The van der Waals surface area contributed by atoms with E-state index < -0.39 is 20.0 Å². The molecule has 0 radical (unpaired) electrons. The fraction of sp³-hybridized carbons (Fsp3) is 0.200. The van der Waals surface area contributed by atoms with Crippen LogP contribution >= 0.6 is 0 Å². The second-order valence-corrected chi connectivity index (χ2v) is 12.2. The highest BCUT2D eigenvalue weighted by atomic mass is 32.2. The van der Waals surface area contributed by atoms with E-state index >= 15 is 0 Å². The van der Waals surface area contributed by atoms with Crippen molar-refractivity contribution in [2.24, 2.45) is 0 Å². The summed E-state index contributed by atoms with van der Waals surface area (Å²) in [5, 5.41) is 0.923. The third-order valence-electron chi connectivity index (χ3n) is 6.04. The molecule has 4 aromatic rings. The molecule has 1 aliphatic heterocycles. The molecule has 0 bridgehead atoms. The largest absolute Gasteiger partial charge is 0.280 e. The Balaban J connectivity index is 1.41. The number of fused-ring (bicyclic) bond motifs is 1. The number of benzene rings is 2. The molecule has 2 aromatic carbocycles. The first kappa shape index (κ1) is 23.3. The average molecular weight is 509 g/mol. The van der Waals surface area contributed by atoms with Gasteiger partial charge in [0.2, 0.25) is 10.0 Å². The van der Waals surface area contributed by atoms with Crippen molar-refractivity contribution in [3.8, 4) is 11.3 Å². The summed E-state index contributed by atoms with van der Waals surface area (Å²) in [5.41, 5.74) is 4.19. The smallest absolute Gasteiger partial charge is 0.261 e. The Morgan fingerprint density at radius 1 is 0.971 bits per heavy atom. The van der Waals surface area contributed by atoms with Gasteiger partial charge in [0, 0.05) is 35.6 Å². The number of aryl methyl sites for hydroxylation is 1. The van der Waals surface area contributed by atoms with Crippen molar-refractivity contribution >= 4 is 42.3 Å². The van der Waals surface area contributed by atoms with Crippen LogP contribution in [-0.4, -0.2) is 39.1 Å². The summed E-state index contributed by atoms with van der Waals surface area (Å²) in [4.78, 5) is 8.85. The molecule has 10 heteroatoms. The molecule has 35 heavy (non-hydrogen) atoms. The van der Waals surface area contributed by atoms with E-state index in [1.807, 2.05) is 31.2 Å². The molecule has 1 aliphatic rings. The molecule has 0 unspecified atom stereocenters. The van der Waals surface area contributed by atoms with Crippen LogP contribution in [0.4, 0.5) is 11.4 Å². The van der Waals surface area contributed by atoms with Gasteiger partial charge in [0.25, 0.3) is 10.0 Å². The summed E-state index contributed by atoms with van der Waals surface area (Å²) in [5.74, 6) is 0.104. The van der Waals surface area contributed by atoms with Gasteiger partial charge in [0.05, 0.1) is 27.5 Å². The van der Waals surface area contributed by atoms with Gasteiger partial charge in [-0.1, -0.05) is 6.07 Å². The number of pyridine rings is 2. The molecule has 1 fully saturated rings. The number of nitrogens with zero attached hydrogens (tertiary/aromatic N) is 3. The van der Waals surface area contributed by atoms with Gasteiger partial charge in [0.1, 0.15) is 0 Å². The van der Waals surface area contributed by atoms with E-state index in [9.17, 15) is 16.8 Å². The molecule has 1 saturated heterocycles. The van der Waals surface area contributed by atoms with Gasteiger partial charge in [-0.15, -0.1) is 0 Å².